The lowest BCUT2D eigenvalue weighted by Gasteiger charge is -2.41. The molecule has 1 aliphatic rings. The van der Waals surface area contributed by atoms with Crippen LogP contribution < -0.4 is 5.32 Å². The molecule has 1 aromatic heterocycles. The summed E-state index contributed by atoms with van der Waals surface area (Å²) in [6.07, 6.45) is 5.87. The van der Waals surface area contributed by atoms with E-state index in [0.29, 0.717) is 12.2 Å². The van der Waals surface area contributed by atoms with Crippen LogP contribution in [0.25, 0.3) is 0 Å². The third-order valence-corrected chi connectivity index (χ3v) is 5.60. The van der Waals surface area contributed by atoms with Gasteiger partial charge in [0.15, 0.2) is 0 Å². The first-order valence-electron chi connectivity index (χ1n) is 6.67. The molecule has 0 bridgehead atoms. The molecule has 0 spiro atoms. The zero-order chi connectivity index (χ0) is 15.0. The van der Waals surface area contributed by atoms with Crippen molar-refractivity contribution in [3.05, 3.63) is 18.0 Å². The zero-order valence-corrected chi connectivity index (χ0v) is 13.2. The van der Waals surface area contributed by atoms with E-state index in [9.17, 15) is 13.2 Å². The largest absolute Gasteiger partial charge is 0.350 e. The third-order valence-electron chi connectivity index (χ3n) is 4.28. The second-order valence-corrected chi connectivity index (χ2v) is 8.07. The molecule has 2 rings (SSSR count). The van der Waals surface area contributed by atoms with E-state index in [4.69, 9.17) is 10.7 Å². The second kappa shape index (κ2) is 5.41. The van der Waals surface area contributed by atoms with Gasteiger partial charge in [0.25, 0.3) is 15.0 Å². The van der Waals surface area contributed by atoms with Gasteiger partial charge in [-0.05, 0) is 30.7 Å². The summed E-state index contributed by atoms with van der Waals surface area (Å²) in [6, 6.07) is 1.30. The lowest BCUT2D eigenvalue weighted by Crippen LogP contribution is -2.42. The molecule has 0 atom stereocenters. The minimum atomic E-state index is -3.81. The van der Waals surface area contributed by atoms with Crippen molar-refractivity contribution in [2.75, 3.05) is 6.54 Å². The molecule has 1 saturated carbocycles. The molecule has 1 aliphatic carbocycles. The van der Waals surface area contributed by atoms with Gasteiger partial charge in [0.05, 0.1) is 0 Å². The Balaban J connectivity index is 2.08. The summed E-state index contributed by atoms with van der Waals surface area (Å²) >= 11 is 0. The SMILES string of the molecule is CCC1(CNC(=O)c2cc(S(=O)(=O)Cl)cn2C)CCC1. The van der Waals surface area contributed by atoms with E-state index in [0.717, 1.165) is 19.3 Å². The van der Waals surface area contributed by atoms with Crippen LogP contribution in [0.2, 0.25) is 0 Å². The molecule has 0 saturated heterocycles. The lowest BCUT2D eigenvalue weighted by molar-refractivity contribution is 0.0842. The standard InChI is InChI=1S/C13H19ClN2O3S/c1-3-13(5-4-6-13)9-15-12(17)11-7-10(8-16(11)2)20(14,18)19/h7-8H,3-6,9H2,1-2H3,(H,15,17). The first-order valence-corrected chi connectivity index (χ1v) is 8.98. The first kappa shape index (κ1) is 15.4. The first-order chi connectivity index (χ1) is 9.27. The van der Waals surface area contributed by atoms with Gasteiger partial charge in [0.1, 0.15) is 10.6 Å². The van der Waals surface area contributed by atoms with E-state index in [-0.39, 0.29) is 16.2 Å². The minimum absolute atomic E-state index is 0.0549. The van der Waals surface area contributed by atoms with Crippen molar-refractivity contribution in [3.63, 3.8) is 0 Å². The van der Waals surface area contributed by atoms with Crippen molar-refractivity contribution in [2.24, 2.45) is 12.5 Å². The van der Waals surface area contributed by atoms with Crippen LogP contribution in [0.4, 0.5) is 0 Å². The number of hydrogen-bond donors (Lipinski definition) is 1. The van der Waals surface area contributed by atoms with E-state index in [2.05, 4.69) is 12.2 Å². The molecule has 0 aromatic carbocycles. The number of carbonyl (C=O) groups is 1. The molecule has 1 heterocycles. The molecule has 7 heteroatoms. The fraction of sp³-hybridized carbons (Fsp3) is 0.615. The van der Waals surface area contributed by atoms with Crippen molar-refractivity contribution in [1.82, 2.24) is 9.88 Å². The normalized spacial score (nSPS) is 17.6. The topological polar surface area (TPSA) is 68.2 Å². The van der Waals surface area contributed by atoms with Crippen molar-refractivity contribution in [2.45, 2.75) is 37.5 Å². The molecule has 20 heavy (non-hydrogen) atoms. The molecular formula is C13H19ClN2O3S. The summed E-state index contributed by atoms with van der Waals surface area (Å²) in [5, 5.41) is 2.90. The van der Waals surface area contributed by atoms with E-state index in [1.165, 1.54) is 23.3 Å². The molecule has 1 aromatic rings. The van der Waals surface area contributed by atoms with Crippen LogP contribution in [0.5, 0.6) is 0 Å². The van der Waals surface area contributed by atoms with Crippen LogP contribution in [0.15, 0.2) is 17.2 Å². The minimum Gasteiger partial charge on any atom is -0.350 e. The Morgan fingerprint density at radius 3 is 2.55 bits per heavy atom. The Hall–Kier alpha value is -1.01. The van der Waals surface area contributed by atoms with Crippen LogP contribution >= 0.6 is 10.7 Å². The monoisotopic (exact) mass is 318 g/mol. The molecule has 0 unspecified atom stereocenters. The van der Waals surface area contributed by atoms with Gasteiger partial charge in [0, 0.05) is 30.5 Å². The molecule has 1 fully saturated rings. The number of halogens is 1. The summed E-state index contributed by atoms with van der Waals surface area (Å²) in [5.41, 5.74) is 0.525. The summed E-state index contributed by atoms with van der Waals surface area (Å²) in [7, 11) is 3.10. The highest BCUT2D eigenvalue weighted by Crippen LogP contribution is 2.43. The van der Waals surface area contributed by atoms with E-state index >= 15 is 0 Å². The number of nitrogens with one attached hydrogen (secondary N) is 1. The lowest BCUT2D eigenvalue weighted by atomic mass is 9.67. The Morgan fingerprint density at radius 1 is 1.50 bits per heavy atom. The van der Waals surface area contributed by atoms with Crippen LogP contribution in [-0.2, 0) is 16.1 Å². The highest BCUT2D eigenvalue weighted by molar-refractivity contribution is 8.13. The van der Waals surface area contributed by atoms with Crippen molar-refractivity contribution >= 4 is 25.6 Å². The van der Waals surface area contributed by atoms with Crippen molar-refractivity contribution in [1.29, 1.82) is 0 Å². The molecule has 0 aliphatic heterocycles. The summed E-state index contributed by atoms with van der Waals surface area (Å²) in [4.78, 5) is 12.1. The Kier molecular flexibility index (Phi) is 4.16. The quantitative estimate of drug-likeness (QED) is 0.847. The summed E-state index contributed by atoms with van der Waals surface area (Å²) < 4.78 is 24.0. The number of aromatic nitrogens is 1. The van der Waals surface area contributed by atoms with Gasteiger partial charge >= 0.3 is 0 Å². The van der Waals surface area contributed by atoms with Gasteiger partial charge in [-0.2, -0.15) is 0 Å². The van der Waals surface area contributed by atoms with E-state index in [1.54, 1.807) is 7.05 Å². The predicted octanol–water partition coefficient (Wildman–Crippen LogP) is 2.26. The van der Waals surface area contributed by atoms with E-state index < -0.39 is 9.05 Å². The number of carbonyl (C=O) groups excluding carboxylic acids is 1. The number of hydrogen-bond acceptors (Lipinski definition) is 3. The maximum absolute atomic E-state index is 12.1. The molecule has 1 N–H and O–H groups in total. The predicted molar refractivity (Wildman–Crippen MR) is 77.4 cm³/mol. The second-order valence-electron chi connectivity index (χ2n) is 5.50. The average molecular weight is 319 g/mol. The molecule has 112 valence electrons. The third kappa shape index (κ3) is 3.01. The number of amides is 1. The number of aryl methyl sites for hydroxylation is 1. The highest BCUT2D eigenvalue weighted by Gasteiger charge is 2.35. The van der Waals surface area contributed by atoms with Gasteiger partial charge in [0.2, 0.25) is 0 Å². The van der Waals surface area contributed by atoms with Crippen LogP contribution in [-0.4, -0.2) is 25.4 Å². The Bertz CT molecular complexity index is 612. The summed E-state index contributed by atoms with van der Waals surface area (Å²) in [6.45, 7) is 2.77. The van der Waals surface area contributed by atoms with Crippen molar-refractivity contribution < 1.29 is 13.2 Å². The zero-order valence-electron chi connectivity index (χ0n) is 11.6. The highest BCUT2D eigenvalue weighted by atomic mass is 35.7. The van der Waals surface area contributed by atoms with Gasteiger partial charge in [-0.1, -0.05) is 13.3 Å². The number of rotatable bonds is 5. The van der Waals surface area contributed by atoms with Gasteiger partial charge in [-0.3, -0.25) is 4.79 Å². The summed E-state index contributed by atoms with van der Waals surface area (Å²) in [5.74, 6) is -0.265. The maximum Gasteiger partial charge on any atom is 0.267 e. The van der Waals surface area contributed by atoms with E-state index in [1.807, 2.05) is 0 Å². The van der Waals surface area contributed by atoms with Gasteiger partial charge in [-0.25, -0.2) is 8.42 Å². The fourth-order valence-electron chi connectivity index (χ4n) is 2.58. The number of nitrogens with zero attached hydrogens (tertiary/aromatic N) is 1. The average Bonchev–Trinajstić information content (AvgIpc) is 2.70. The fourth-order valence-corrected chi connectivity index (χ4v) is 3.37. The van der Waals surface area contributed by atoms with Crippen LogP contribution in [0.3, 0.4) is 0 Å². The Morgan fingerprint density at radius 2 is 2.15 bits per heavy atom. The maximum atomic E-state index is 12.1. The molecule has 5 nitrogen and oxygen atoms in total. The van der Waals surface area contributed by atoms with Crippen LogP contribution in [0.1, 0.15) is 43.1 Å². The Labute approximate surface area is 123 Å². The molecule has 0 radical (unpaired) electrons. The van der Waals surface area contributed by atoms with Gasteiger partial charge < -0.3 is 9.88 Å². The van der Waals surface area contributed by atoms with Gasteiger partial charge in [-0.15, -0.1) is 0 Å². The van der Waals surface area contributed by atoms with Crippen molar-refractivity contribution in [3.8, 4) is 0 Å². The molecular weight excluding hydrogens is 300 g/mol. The smallest absolute Gasteiger partial charge is 0.267 e. The molecule has 1 amide bonds. The van der Waals surface area contributed by atoms with Crippen LogP contribution in [0, 0.1) is 5.41 Å².